The summed E-state index contributed by atoms with van der Waals surface area (Å²) < 4.78 is 1.97. The summed E-state index contributed by atoms with van der Waals surface area (Å²) in [6.45, 7) is 4.27. The molecule has 2 heteroatoms. The van der Waals surface area contributed by atoms with Gasteiger partial charge in [-0.2, -0.15) is 0 Å². The summed E-state index contributed by atoms with van der Waals surface area (Å²) in [5.74, 6) is 1.48. The molecule has 0 amide bonds. The van der Waals surface area contributed by atoms with Crippen molar-refractivity contribution in [2.24, 2.45) is 11.7 Å². The lowest BCUT2D eigenvalue weighted by molar-refractivity contribution is -0.468. The summed E-state index contributed by atoms with van der Waals surface area (Å²) in [6.07, 6.45) is 1.12. The van der Waals surface area contributed by atoms with Gasteiger partial charge in [-0.25, -0.2) is 0 Å². The van der Waals surface area contributed by atoms with Gasteiger partial charge in [0, 0.05) is 0 Å². The van der Waals surface area contributed by atoms with Gasteiger partial charge in [0.1, 0.15) is 0 Å². The summed E-state index contributed by atoms with van der Waals surface area (Å²) in [5.41, 5.74) is 5.71. The number of nitrogens with two attached hydrogens (primary N) is 1. The summed E-state index contributed by atoms with van der Waals surface area (Å²) in [7, 11) is 3.95. The fraction of sp³-hybridized carbons (Fsp3) is 0.857. The molecule has 0 saturated heterocycles. The molecular formula is C7H17N2+. The molecule has 0 rings (SSSR count). The standard InChI is InChI=1S/C7H16N2/c1-5-6(2)7(8)9(3)4/h6,8H,5H2,1-4H3/p+1. The molecule has 0 fully saturated rings. The van der Waals surface area contributed by atoms with Crippen molar-refractivity contribution in [3.8, 4) is 0 Å². The van der Waals surface area contributed by atoms with Crippen molar-refractivity contribution in [1.29, 1.82) is 0 Å². The molecule has 0 aliphatic carbocycles. The van der Waals surface area contributed by atoms with E-state index < -0.39 is 0 Å². The van der Waals surface area contributed by atoms with Crippen molar-refractivity contribution in [2.75, 3.05) is 14.1 Å². The minimum atomic E-state index is 0.514. The van der Waals surface area contributed by atoms with E-state index in [2.05, 4.69) is 13.8 Å². The Morgan fingerprint density at radius 3 is 2.11 bits per heavy atom. The van der Waals surface area contributed by atoms with Gasteiger partial charge in [-0.1, -0.05) is 13.8 Å². The lowest BCUT2D eigenvalue weighted by Crippen LogP contribution is -2.29. The Balaban J connectivity index is 4.02. The van der Waals surface area contributed by atoms with Crippen LogP contribution < -0.4 is 5.73 Å². The second-order valence-electron chi connectivity index (χ2n) is 2.63. The quantitative estimate of drug-likeness (QED) is 0.331. The van der Waals surface area contributed by atoms with Crippen LogP contribution in [0.2, 0.25) is 0 Å². The first-order valence-electron chi connectivity index (χ1n) is 3.39. The largest absolute Gasteiger partial charge is 0.291 e. The molecule has 9 heavy (non-hydrogen) atoms. The molecule has 1 atom stereocenters. The Kier molecular flexibility index (Phi) is 3.28. The minimum absolute atomic E-state index is 0.514. The van der Waals surface area contributed by atoms with Crippen molar-refractivity contribution < 1.29 is 4.58 Å². The molecule has 0 aliphatic rings. The van der Waals surface area contributed by atoms with Gasteiger partial charge in [0.25, 0.3) is 0 Å². The highest BCUT2D eigenvalue weighted by Gasteiger charge is 2.09. The number of rotatable bonds is 2. The van der Waals surface area contributed by atoms with Gasteiger partial charge >= 0.3 is 0 Å². The molecule has 0 radical (unpaired) electrons. The van der Waals surface area contributed by atoms with Crippen molar-refractivity contribution in [3.63, 3.8) is 0 Å². The van der Waals surface area contributed by atoms with E-state index in [1.165, 1.54) is 0 Å². The zero-order chi connectivity index (χ0) is 7.44. The van der Waals surface area contributed by atoms with E-state index >= 15 is 0 Å². The minimum Gasteiger partial charge on any atom is -0.291 e. The van der Waals surface area contributed by atoms with Gasteiger partial charge in [0.05, 0.1) is 20.0 Å². The number of hydrogen-bond donors (Lipinski definition) is 1. The van der Waals surface area contributed by atoms with Crippen LogP contribution >= 0.6 is 0 Å². The Labute approximate surface area is 57.4 Å². The molecule has 0 spiro atoms. The van der Waals surface area contributed by atoms with E-state index in [-0.39, 0.29) is 0 Å². The maximum absolute atomic E-state index is 5.71. The van der Waals surface area contributed by atoms with Gasteiger partial charge < -0.3 is 0 Å². The highest BCUT2D eigenvalue weighted by molar-refractivity contribution is 5.77. The van der Waals surface area contributed by atoms with Gasteiger partial charge in [-0.05, 0) is 6.42 Å². The third-order valence-corrected chi connectivity index (χ3v) is 1.63. The highest BCUT2D eigenvalue weighted by atomic mass is 15.0. The van der Waals surface area contributed by atoms with E-state index in [0.29, 0.717) is 5.92 Å². The van der Waals surface area contributed by atoms with Crippen LogP contribution in [0.25, 0.3) is 0 Å². The first-order chi connectivity index (χ1) is 4.09. The molecule has 0 aromatic rings. The monoisotopic (exact) mass is 129 g/mol. The smallest absolute Gasteiger partial charge is 0.244 e. The summed E-state index contributed by atoms with van der Waals surface area (Å²) in [5, 5.41) is 0. The summed E-state index contributed by atoms with van der Waals surface area (Å²) in [6, 6.07) is 0. The zero-order valence-electron chi connectivity index (χ0n) is 6.81. The maximum atomic E-state index is 5.71. The van der Waals surface area contributed by atoms with Crippen LogP contribution in [0, 0.1) is 5.92 Å². The van der Waals surface area contributed by atoms with E-state index in [0.717, 1.165) is 12.3 Å². The van der Waals surface area contributed by atoms with Gasteiger partial charge in [-0.3, -0.25) is 10.3 Å². The van der Waals surface area contributed by atoms with Crippen LogP contribution in [-0.2, 0) is 0 Å². The van der Waals surface area contributed by atoms with E-state index in [4.69, 9.17) is 5.73 Å². The first kappa shape index (κ1) is 8.47. The molecule has 0 aromatic carbocycles. The molecule has 0 saturated carbocycles. The second kappa shape index (κ2) is 3.49. The molecule has 0 aromatic heterocycles. The average molecular weight is 129 g/mol. The lowest BCUT2D eigenvalue weighted by atomic mass is 10.1. The van der Waals surface area contributed by atoms with Crippen LogP contribution in [0.3, 0.4) is 0 Å². The predicted molar refractivity (Wildman–Crippen MR) is 40.8 cm³/mol. The highest BCUT2D eigenvalue weighted by Crippen LogP contribution is 1.97. The zero-order valence-corrected chi connectivity index (χ0v) is 6.81. The van der Waals surface area contributed by atoms with Crippen molar-refractivity contribution in [1.82, 2.24) is 0 Å². The average Bonchev–Trinajstić information content (AvgIpc) is 1.84. The Morgan fingerprint density at radius 2 is 2.00 bits per heavy atom. The SMILES string of the molecule is CCC(C)C(N)=[N+](C)C. The van der Waals surface area contributed by atoms with E-state index in [1.54, 1.807) is 0 Å². The van der Waals surface area contributed by atoms with Crippen LogP contribution in [0.15, 0.2) is 0 Å². The van der Waals surface area contributed by atoms with E-state index in [1.807, 2.05) is 18.7 Å². The second-order valence-corrected chi connectivity index (χ2v) is 2.63. The van der Waals surface area contributed by atoms with Gasteiger partial charge in [0.15, 0.2) is 0 Å². The molecule has 0 heterocycles. The topological polar surface area (TPSA) is 29.0 Å². The van der Waals surface area contributed by atoms with Gasteiger partial charge in [0.2, 0.25) is 5.84 Å². The molecule has 0 bridgehead atoms. The molecular weight excluding hydrogens is 112 g/mol. The van der Waals surface area contributed by atoms with Crippen molar-refractivity contribution in [2.45, 2.75) is 20.3 Å². The fourth-order valence-electron chi connectivity index (χ4n) is 0.650. The van der Waals surface area contributed by atoms with E-state index in [9.17, 15) is 0 Å². The molecule has 2 nitrogen and oxygen atoms in total. The summed E-state index contributed by atoms with van der Waals surface area (Å²) in [4.78, 5) is 0. The van der Waals surface area contributed by atoms with Crippen molar-refractivity contribution >= 4 is 5.84 Å². The maximum Gasteiger partial charge on any atom is 0.244 e. The Bertz CT molecular complexity index is 112. The molecule has 2 N–H and O–H groups in total. The summed E-state index contributed by atoms with van der Waals surface area (Å²) >= 11 is 0. The Hall–Kier alpha value is -0.530. The van der Waals surface area contributed by atoms with Crippen LogP contribution in [0.4, 0.5) is 0 Å². The van der Waals surface area contributed by atoms with Crippen molar-refractivity contribution in [3.05, 3.63) is 0 Å². The predicted octanol–water partition coefficient (Wildman–Crippen LogP) is 0.662. The lowest BCUT2D eigenvalue weighted by Gasteiger charge is -2.03. The van der Waals surface area contributed by atoms with Crippen LogP contribution in [0.1, 0.15) is 20.3 Å². The van der Waals surface area contributed by atoms with Crippen LogP contribution in [-0.4, -0.2) is 24.5 Å². The first-order valence-corrected chi connectivity index (χ1v) is 3.39. The fourth-order valence-corrected chi connectivity index (χ4v) is 0.650. The van der Waals surface area contributed by atoms with Crippen LogP contribution in [0.5, 0.6) is 0 Å². The molecule has 0 aliphatic heterocycles. The number of hydrogen-bond acceptors (Lipinski definition) is 0. The van der Waals surface area contributed by atoms with Gasteiger partial charge in [-0.15, -0.1) is 0 Å². The normalized spacial score (nSPS) is 12.9. The Morgan fingerprint density at radius 1 is 1.56 bits per heavy atom. The third-order valence-electron chi connectivity index (χ3n) is 1.63. The number of nitrogens with zero attached hydrogens (tertiary/aromatic N) is 1. The number of amidine groups is 1. The molecule has 1 unspecified atom stereocenters. The third kappa shape index (κ3) is 2.49. The molecule has 54 valence electrons.